The molecule has 0 saturated carbocycles. The van der Waals surface area contributed by atoms with E-state index in [1.165, 1.54) is 19.3 Å². The number of amides is 1. The molecule has 0 aromatic rings. The van der Waals surface area contributed by atoms with Gasteiger partial charge in [0, 0.05) is 19.1 Å². The maximum absolute atomic E-state index is 11.6. The Kier molecular flexibility index (Phi) is 6.42. The fourth-order valence-electron chi connectivity index (χ4n) is 2.25. The zero-order valence-corrected chi connectivity index (χ0v) is 10.6. The monoisotopic (exact) mass is 227 g/mol. The predicted octanol–water partition coefficient (Wildman–Crippen LogP) is 0.587. The molecule has 0 aromatic carbocycles. The second kappa shape index (κ2) is 7.63. The van der Waals surface area contributed by atoms with Crippen molar-refractivity contribution in [2.45, 2.75) is 39.2 Å². The molecule has 1 amide bonds. The van der Waals surface area contributed by atoms with Crippen molar-refractivity contribution in [2.75, 3.05) is 32.7 Å². The van der Waals surface area contributed by atoms with E-state index >= 15 is 0 Å². The molecule has 0 radical (unpaired) electrons. The number of piperidine rings is 1. The van der Waals surface area contributed by atoms with Crippen LogP contribution in [0, 0.1) is 0 Å². The van der Waals surface area contributed by atoms with Crippen LogP contribution in [0.5, 0.6) is 0 Å². The third kappa shape index (κ3) is 4.49. The van der Waals surface area contributed by atoms with E-state index < -0.39 is 0 Å². The van der Waals surface area contributed by atoms with Gasteiger partial charge in [0.15, 0.2) is 0 Å². The van der Waals surface area contributed by atoms with Crippen molar-refractivity contribution in [3.63, 3.8) is 0 Å². The number of hydrogen-bond donors (Lipinski definition) is 2. The molecular formula is C12H25N3O. The molecule has 1 rings (SSSR count). The second-order valence-electron chi connectivity index (χ2n) is 4.38. The number of likely N-dealkylation sites (N-methyl/N-ethyl adjacent to an activating group) is 2. The van der Waals surface area contributed by atoms with Crippen molar-refractivity contribution >= 4 is 5.91 Å². The molecule has 0 aromatic heterocycles. The van der Waals surface area contributed by atoms with Gasteiger partial charge >= 0.3 is 0 Å². The van der Waals surface area contributed by atoms with Gasteiger partial charge in [-0.15, -0.1) is 0 Å². The van der Waals surface area contributed by atoms with E-state index in [-0.39, 0.29) is 5.91 Å². The van der Waals surface area contributed by atoms with E-state index in [1.54, 1.807) is 0 Å². The Hall–Kier alpha value is -0.610. The van der Waals surface area contributed by atoms with Gasteiger partial charge in [0.25, 0.3) is 0 Å². The lowest BCUT2D eigenvalue weighted by Gasteiger charge is -2.35. The lowest BCUT2D eigenvalue weighted by atomic mass is 10.0. The first-order valence-corrected chi connectivity index (χ1v) is 6.49. The molecule has 1 unspecified atom stereocenters. The molecule has 94 valence electrons. The summed E-state index contributed by atoms with van der Waals surface area (Å²) in [6, 6.07) is 0.538. The normalized spacial score (nSPS) is 22.0. The SMILES string of the molecule is CCNCC1CCCCN1CC(=O)NCC. The van der Waals surface area contributed by atoms with E-state index in [0.29, 0.717) is 12.6 Å². The summed E-state index contributed by atoms with van der Waals surface area (Å²) in [5, 5.41) is 6.25. The van der Waals surface area contributed by atoms with Gasteiger partial charge in [-0.05, 0) is 32.9 Å². The van der Waals surface area contributed by atoms with Gasteiger partial charge in [-0.25, -0.2) is 0 Å². The van der Waals surface area contributed by atoms with Gasteiger partial charge in [0.05, 0.1) is 6.54 Å². The maximum atomic E-state index is 11.6. The summed E-state index contributed by atoms with van der Waals surface area (Å²) >= 11 is 0. The largest absolute Gasteiger partial charge is 0.355 e. The highest BCUT2D eigenvalue weighted by Gasteiger charge is 2.23. The molecule has 2 N–H and O–H groups in total. The Morgan fingerprint density at radius 2 is 2.12 bits per heavy atom. The van der Waals surface area contributed by atoms with E-state index in [9.17, 15) is 4.79 Å². The van der Waals surface area contributed by atoms with Crippen molar-refractivity contribution in [1.82, 2.24) is 15.5 Å². The van der Waals surface area contributed by atoms with Crippen LogP contribution in [-0.4, -0.2) is 49.6 Å². The molecular weight excluding hydrogens is 202 g/mol. The average Bonchev–Trinajstić information content (AvgIpc) is 2.28. The molecule has 1 aliphatic rings. The Morgan fingerprint density at radius 1 is 1.31 bits per heavy atom. The van der Waals surface area contributed by atoms with Crippen LogP contribution in [0.15, 0.2) is 0 Å². The third-order valence-corrected chi connectivity index (χ3v) is 3.10. The Bertz CT molecular complexity index is 208. The minimum atomic E-state index is 0.158. The van der Waals surface area contributed by atoms with Crippen LogP contribution in [0.4, 0.5) is 0 Å². The zero-order valence-electron chi connectivity index (χ0n) is 10.6. The van der Waals surface area contributed by atoms with Gasteiger partial charge in [0.2, 0.25) is 5.91 Å². The van der Waals surface area contributed by atoms with Gasteiger partial charge in [-0.3, -0.25) is 9.69 Å². The van der Waals surface area contributed by atoms with Crippen molar-refractivity contribution in [1.29, 1.82) is 0 Å². The maximum Gasteiger partial charge on any atom is 0.234 e. The number of nitrogens with one attached hydrogen (secondary N) is 2. The zero-order chi connectivity index (χ0) is 11.8. The number of likely N-dealkylation sites (tertiary alicyclic amines) is 1. The molecule has 1 fully saturated rings. The molecule has 0 aliphatic carbocycles. The molecule has 1 atom stereocenters. The number of hydrogen-bond acceptors (Lipinski definition) is 3. The van der Waals surface area contributed by atoms with Crippen LogP contribution in [0.3, 0.4) is 0 Å². The van der Waals surface area contributed by atoms with E-state index in [0.717, 1.165) is 26.2 Å². The lowest BCUT2D eigenvalue weighted by Crippen LogP contribution is -2.49. The Balaban J connectivity index is 2.37. The van der Waals surface area contributed by atoms with Crippen molar-refractivity contribution in [2.24, 2.45) is 0 Å². The standard InChI is InChI=1S/C12H25N3O/c1-3-13-9-11-7-5-6-8-15(11)10-12(16)14-4-2/h11,13H,3-10H2,1-2H3,(H,14,16). The number of carbonyl (C=O) groups is 1. The number of nitrogens with zero attached hydrogens (tertiary/aromatic N) is 1. The second-order valence-corrected chi connectivity index (χ2v) is 4.38. The van der Waals surface area contributed by atoms with Gasteiger partial charge in [-0.1, -0.05) is 13.3 Å². The first kappa shape index (κ1) is 13.5. The fourth-order valence-corrected chi connectivity index (χ4v) is 2.25. The summed E-state index contributed by atoms with van der Waals surface area (Å²) in [5.41, 5.74) is 0. The molecule has 1 aliphatic heterocycles. The summed E-state index contributed by atoms with van der Waals surface area (Å²) in [4.78, 5) is 13.9. The van der Waals surface area contributed by atoms with E-state index in [4.69, 9.17) is 0 Å². The molecule has 16 heavy (non-hydrogen) atoms. The highest BCUT2D eigenvalue weighted by atomic mass is 16.2. The molecule has 4 heteroatoms. The van der Waals surface area contributed by atoms with E-state index in [2.05, 4.69) is 22.5 Å². The molecule has 0 spiro atoms. The topological polar surface area (TPSA) is 44.4 Å². The van der Waals surface area contributed by atoms with Crippen molar-refractivity contribution in [3.8, 4) is 0 Å². The summed E-state index contributed by atoms with van der Waals surface area (Å²) < 4.78 is 0. The summed E-state index contributed by atoms with van der Waals surface area (Å²) in [6.45, 7) is 8.45. The molecule has 1 heterocycles. The van der Waals surface area contributed by atoms with Crippen LogP contribution < -0.4 is 10.6 Å². The minimum Gasteiger partial charge on any atom is -0.355 e. The Morgan fingerprint density at radius 3 is 2.81 bits per heavy atom. The van der Waals surface area contributed by atoms with Gasteiger partial charge in [0.1, 0.15) is 0 Å². The highest BCUT2D eigenvalue weighted by molar-refractivity contribution is 5.77. The van der Waals surface area contributed by atoms with Crippen LogP contribution in [0.1, 0.15) is 33.1 Å². The Labute approximate surface area is 98.8 Å². The lowest BCUT2D eigenvalue weighted by molar-refractivity contribution is -0.123. The highest BCUT2D eigenvalue weighted by Crippen LogP contribution is 2.15. The number of rotatable bonds is 6. The fraction of sp³-hybridized carbons (Fsp3) is 0.917. The van der Waals surface area contributed by atoms with Crippen LogP contribution >= 0.6 is 0 Å². The summed E-state index contributed by atoms with van der Waals surface area (Å²) in [5.74, 6) is 0.158. The van der Waals surface area contributed by atoms with Crippen molar-refractivity contribution in [3.05, 3.63) is 0 Å². The van der Waals surface area contributed by atoms with Crippen LogP contribution in [-0.2, 0) is 4.79 Å². The molecule has 4 nitrogen and oxygen atoms in total. The first-order valence-electron chi connectivity index (χ1n) is 6.49. The van der Waals surface area contributed by atoms with Gasteiger partial charge in [-0.2, -0.15) is 0 Å². The van der Waals surface area contributed by atoms with Crippen LogP contribution in [0.2, 0.25) is 0 Å². The first-order chi connectivity index (χ1) is 7.77. The molecule has 0 bridgehead atoms. The van der Waals surface area contributed by atoms with Gasteiger partial charge < -0.3 is 10.6 Å². The smallest absolute Gasteiger partial charge is 0.234 e. The van der Waals surface area contributed by atoms with Crippen molar-refractivity contribution < 1.29 is 4.79 Å². The average molecular weight is 227 g/mol. The summed E-state index contributed by atoms with van der Waals surface area (Å²) in [6.07, 6.45) is 3.73. The summed E-state index contributed by atoms with van der Waals surface area (Å²) in [7, 11) is 0. The number of carbonyl (C=O) groups excluding carboxylic acids is 1. The third-order valence-electron chi connectivity index (χ3n) is 3.10. The predicted molar refractivity (Wildman–Crippen MR) is 66.4 cm³/mol. The van der Waals surface area contributed by atoms with E-state index in [1.807, 2.05) is 6.92 Å². The minimum absolute atomic E-state index is 0.158. The quantitative estimate of drug-likeness (QED) is 0.698. The molecule has 1 saturated heterocycles. The van der Waals surface area contributed by atoms with Crippen LogP contribution in [0.25, 0.3) is 0 Å².